The number of benzene rings is 2. The van der Waals surface area contributed by atoms with Crippen LogP contribution < -0.4 is 0 Å². The standard InChI is InChI=1S/C36H52O4P2/c1-31(2)23-35(37-15-16-38-35)24-32(3,4)41(31)21-27-11-9-13-29(19-27)30-14-10-12-28(20-30)22-42-33(5,6)25-36(26-34(42,7)8)39-17-18-40-36/h9-14,19-20H,15-18,21-26H2,1-8H3. The van der Waals surface area contributed by atoms with Gasteiger partial charge in [-0.1, -0.05) is 120 Å². The first-order valence-corrected chi connectivity index (χ1v) is 19.0. The van der Waals surface area contributed by atoms with Crippen LogP contribution in [0, 0.1) is 0 Å². The van der Waals surface area contributed by atoms with Gasteiger partial charge in [0.05, 0.1) is 26.4 Å². The molecule has 4 heterocycles. The molecule has 230 valence electrons. The predicted octanol–water partition coefficient (Wildman–Crippen LogP) is 9.51. The van der Waals surface area contributed by atoms with Crippen LogP contribution in [0.5, 0.6) is 0 Å². The molecule has 0 saturated carbocycles. The second-order valence-corrected chi connectivity index (χ2v) is 22.9. The molecule has 0 aromatic heterocycles. The normalized spacial score (nSPS) is 27.5. The van der Waals surface area contributed by atoms with E-state index in [9.17, 15) is 0 Å². The molecule has 42 heavy (non-hydrogen) atoms. The highest BCUT2D eigenvalue weighted by Crippen LogP contribution is 2.71. The van der Waals surface area contributed by atoms with E-state index >= 15 is 0 Å². The van der Waals surface area contributed by atoms with E-state index in [-0.39, 0.29) is 48.0 Å². The zero-order chi connectivity index (χ0) is 30.0. The number of rotatable bonds is 5. The van der Waals surface area contributed by atoms with E-state index < -0.39 is 0 Å². The van der Waals surface area contributed by atoms with Crippen LogP contribution in [-0.4, -0.2) is 58.6 Å². The molecule has 2 aromatic rings. The summed E-state index contributed by atoms with van der Waals surface area (Å²) in [4.78, 5) is 0. The lowest BCUT2D eigenvalue weighted by atomic mass is 9.91. The van der Waals surface area contributed by atoms with E-state index in [1.54, 1.807) is 0 Å². The Morgan fingerprint density at radius 3 is 1.12 bits per heavy atom. The lowest BCUT2D eigenvalue weighted by Gasteiger charge is -2.55. The monoisotopic (exact) mass is 610 g/mol. The van der Waals surface area contributed by atoms with E-state index in [1.165, 1.54) is 22.3 Å². The average Bonchev–Trinajstić information content (AvgIpc) is 3.52. The Balaban J connectivity index is 1.21. The van der Waals surface area contributed by atoms with Crippen LogP contribution in [0.25, 0.3) is 11.1 Å². The van der Waals surface area contributed by atoms with Crippen LogP contribution in [0.4, 0.5) is 0 Å². The van der Waals surface area contributed by atoms with Crippen molar-refractivity contribution in [3.05, 3.63) is 59.7 Å². The van der Waals surface area contributed by atoms with E-state index in [1.807, 2.05) is 0 Å². The van der Waals surface area contributed by atoms with Crippen molar-refractivity contribution in [2.24, 2.45) is 0 Å². The van der Waals surface area contributed by atoms with Gasteiger partial charge in [-0.05, 0) is 55.2 Å². The van der Waals surface area contributed by atoms with Gasteiger partial charge >= 0.3 is 0 Å². The second kappa shape index (κ2) is 10.9. The fourth-order valence-corrected chi connectivity index (χ4v) is 16.9. The SMILES string of the molecule is CC1(C)CC2(CC(C)(C)P1Cc1cccc(-c3cccc(CP4C(C)(C)CC5(CC4(C)C)OCCO5)c3)c1)OCCO2. The van der Waals surface area contributed by atoms with Gasteiger partial charge in [0.2, 0.25) is 0 Å². The van der Waals surface area contributed by atoms with Crippen molar-refractivity contribution >= 4 is 15.8 Å². The van der Waals surface area contributed by atoms with E-state index in [2.05, 4.69) is 104 Å². The molecule has 2 spiro atoms. The van der Waals surface area contributed by atoms with Gasteiger partial charge in [-0.25, -0.2) is 0 Å². The van der Waals surface area contributed by atoms with Gasteiger partial charge in [0.15, 0.2) is 11.6 Å². The van der Waals surface area contributed by atoms with Crippen molar-refractivity contribution in [1.82, 2.24) is 0 Å². The molecular formula is C36H52O4P2. The highest BCUT2D eigenvalue weighted by Gasteiger charge is 2.57. The van der Waals surface area contributed by atoms with Crippen molar-refractivity contribution in [2.45, 2.75) is 126 Å². The zero-order valence-corrected chi connectivity index (χ0v) is 29.0. The Hall–Kier alpha value is -0.860. The smallest absolute Gasteiger partial charge is 0.170 e. The maximum Gasteiger partial charge on any atom is 0.170 e. The van der Waals surface area contributed by atoms with Gasteiger partial charge in [-0.15, -0.1) is 0 Å². The summed E-state index contributed by atoms with van der Waals surface area (Å²) in [6, 6.07) is 18.7. The molecule has 4 fully saturated rings. The summed E-state index contributed by atoms with van der Waals surface area (Å²) in [5, 5.41) is 0.747. The number of ether oxygens (including phenoxy) is 4. The van der Waals surface area contributed by atoms with Crippen LogP contribution in [0.2, 0.25) is 0 Å². The molecule has 0 amide bonds. The summed E-state index contributed by atoms with van der Waals surface area (Å²) in [6.07, 6.45) is 6.24. The van der Waals surface area contributed by atoms with E-state index in [4.69, 9.17) is 18.9 Å². The molecular weight excluding hydrogens is 558 g/mol. The highest BCUT2D eigenvalue weighted by atomic mass is 31.1. The molecule has 4 saturated heterocycles. The molecule has 0 N–H and O–H groups in total. The molecule has 0 aliphatic carbocycles. The van der Waals surface area contributed by atoms with Crippen LogP contribution in [0.3, 0.4) is 0 Å². The third kappa shape index (κ3) is 6.03. The van der Waals surface area contributed by atoms with Gasteiger partial charge < -0.3 is 18.9 Å². The summed E-state index contributed by atoms with van der Waals surface area (Å²) in [5.41, 5.74) is 5.57. The molecule has 6 heteroatoms. The van der Waals surface area contributed by atoms with Gasteiger partial charge in [0.25, 0.3) is 0 Å². The average molecular weight is 611 g/mol. The Morgan fingerprint density at radius 1 is 0.500 bits per heavy atom. The third-order valence-corrected chi connectivity index (χ3v) is 18.1. The van der Waals surface area contributed by atoms with Crippen LogP contribution in [0.15, 0.2) is 48.5 Å². The van der Waals surface area contributed by atoms with Gasteiger partial charge in [0.1, 0.15) is 0 Å². The van der Waals surface area contributed by atoms with Crippen LogP contribution >= 0.6 is 15.8 Å². The molecule has 0 bridgehead atoms. The van der Waals surface area contributed by atoms with Crippen molar-refractivity contribution in [1.29, 1.82) is 0 Å². The Labute approximate surface area is 257 Å². The molecule has 0 unspecified atom stereocenters. The molecule has 6 rings (SSSR count). The topological polar surface area (TPSA) is 36.9 Å². The molecule has 4 aliphatic heterocycles. The largest absolute Gasteiger partial charge is 0.347 e. The lowest BCUT2D eigenvalue weighted by Crippen LogP contribution is -2.50. The molecule has 0 atom stereocenters. The van der Waals surface area contributed by atoms with Crippen molar-refractivity contribution in [2.75, 3.05) is 26.4 Å². The Kier molecular flexibility index (Phi) is 8.07. The van der Waals surface area contributed by atoms with Gasteiger partial charge in [-0.2, -0.15) is 0 Å². The first-order chi connectivity index (χ1) is 19.6. The summed E-state index contributed by atoms with van der Waals surface area (Å²) < 4.78 is 24.9. The minimum absolute atomic E-state index is 0.187. The molecule has 0 radical (unpaired) electrons. The quantitative estimate of drug-likeness (QED) is 0.316. The predicted molar refractivity (Wildman–Crippen MR) is 177 cm³/mol. The molecule has 4 nitrogen and oxygen atoms in total. The van der Waals surface area contributed by atoms with E-state index in [0.717, 1.165) is 64.4 Å². The Bertz CT molecular complexity index is 1150. The maximum absolute atomic E-state index is 6.22. The minimum Gasteiger partial charge on any atom is -0.347 e. The fourth-order valence-electron chi connectivity index (χ4n) is 9.10. The fraction of sp³-hybridized carbons (Fsp3) is 0.667. The van der Waals surface area contributed by atoms with Crippen molar-refractivity contribution < 1.29 is 18.9 Å². The third-order valence-electron chi connectivity index (χ3n) is 10.2. The maximum atomic E-state index is 6.22. The summed E-state index contributed by atoms with van der Waals surface area (Å²) in [7, 11) is -0.564. The van der Waals surface area contributed by atoms with Gasteiger partial charge in [0, 0.05) is 25.7 Å². The lowest BCUT2D eigenvalue weighted by molar-refractivity contribution is -0.179. The number of hydrogen-bond donors (Lipinski definition) is 0. The Morgan fingerprint density at radius 2 is 0.810 bits per heavy atom. The molecule has 2 aromatic carbocycles. The summed E-state index contributed by atoms with van der Waals surface area (Å²) in [5.74, 6) is -0.760. The first-order valence-electron chi connectivity index (χ1n) is 15.9. The first kappa shape index (κ1) is 31.1. The van der Waals surface area contributed by atoms with Crippen molar-refractivity contribution in [3.63, 3.8) is 0 Å². The minimum atomic E-state index is -0.380. The highest BCUT2D eigenvalue weighted by molar-refractivity contribution is 7.60. The van der Waals surface area contributed by atoms with Crippen LogP contribution in [0.1, 0.15) is 92.2 Å². The van der Waals surface area contributed by atoms with Crippen LogP contribution in [-0.2, 0) is 31.3 Å². The number of hydrogen-bond acceptors (Lipinski definition) is 4. The molecule has 4 aliphatic rings. The van der Waals surface area contributed by atoms with Gasteiger partial charge in [-0.3, -0.25) is 0 Å². The van der Waals surface area contributed by atoms with Crippen molar-refractivity contribution in [3.8, 4) is 11.1 Å². The summed E-state index contributed by atoms with van der Waals surface area (Å²) in [6.45, 7) is 22.5. The van der Waals surface area contributed by atoms with E-state index in [0.29, 0.717) is 0 Å². The second-order valence-electron chi connectivity index (χ2n) is 15.7. The summed E-state index contributed by atoms with van der Waals surface area (Å²) >= 11 is 0. The zero-order valence-electron chi connectivity index (χ0n) is 27.2.